The Morgan fingerprint density at radius 3 is 2.95 bits per heavy atom. The molecule has 1 aromatic carbocycles. The number of nitrogens with zero attached hydrogens (tertiary/aromatic N) is 1. The largest absolute Gasteiger partial charge is 0.493 e. The minimum atomic E-state index is -0.176. The van der Waals surface area contributed by atoms with E-state index in [1.807, 2.05) is 0 Å². The Bertz CT molecular complexity index is 419. The van der Waals surface area contributed by atoms with E-state index in [4.69, 9.17) is 4.74 Å². The van der Waals surface area contributed by atoms with Gasteiger partial charge in [-0.3, -0.25) is 4.90 Å². The van der Waals surface area contributed by atoms with Gasteiger partial charge >= 0.3 is 0 Å². The molecule has 0 fully saturated rings. The first-order chi connectivity index (χ1) is 9.08. The van der Waals surface area contributed by atoms with Crippen molar-refractivity contribution >= 4 is 0 Å². The normalized spacial score (nSPS) is 18.5. The number of fused-ring (bicyclic) bond motifs is 1. The first kappa shape index (κ1) is 14.3. The minimum Gasteiger partial charge on any atom is -0.493 e. The predicted molar refractivity (Wildman–Crippen MR) is 76.0 cm³/mol. The standard InChI is InChI=1S/C16H24FNO/c1-12(2)5-4-9-18(3)15-8-10-19-16-7-6-13(17)11-14(15)16/h6-7,11-12,15H,4-5,8-10H2,1-3H3. The van der Waals surface area contributed by atoms with Crippen LogP contribution < -0.4 is 4.74 Å². The second-order valence-corrected chi connectivity index (χ2v) is 5.85. The lowest BCUT2D eigenvalue weighted by Crippen LogP contribution is -2.30. The van der Waals surface area contributed by atoms with Crippen molar-refractivity contribution in [1.29, 1.82) is 0 Å². The highest BCUT2D eigenvalue weighted by molar-refractivity contribution is 5.38. The van der Waals surface area contributed by atoms with Crippen molar-refractivity contribution in [2.24, 2.45) is 5.92 Å². The van der Waals surface area contributed by atoms with Crippen LogP contribution in [-0.4, -0.2) is 25.1 Å². The van der Waals surface area contributed by atoms with Gasteiger partial charge in [0, 0.05) is 18.0 Å². The summed E-state index contributed by atoms with van der Waals surface area (Å²) in [6, 6.07) is 5.13. The monoisotopic (exact) mass is 265 g/mol. The van der Waals surface area contributed by atoms with Gasteiger partial charge in [0.15, 0.2) is 0 Å². The van der Waals surface area contributed by atoms with Crippen molar-refractivity contribution in [1.82, 2.24) is 4.90 Å². The highest BCUT2D eigenvalue weighted by Gasteiger charge is 2.25. The lowest BCUT2D eigenvalue weighted by atomic mass is 9.98. The SMILES string of the molecule is CC(C)CCCN(C)C1CCOc2ccc(F)cc21. The number of benzene rings is 1. The second kappa shape index (κ2) is 6.38. The zero-order chi connectivity index (χ0) is 13.8. The van der Waals surface area contributed by atoms with E-state index in [-0.39, 0.29) is 11.9 Å². The van der Waals surface area contributed by atoms with Gasteiger partial charge in [-0.15, -0.1) is 0 Å². The Hall–Kier alpha value is -1.09. The summed E-state index contributed by atoms with van der Waals surface area (Å²) < 4.78 is 19.0. The van der Waals surface area contributed by atoms with Crippen molar-refractivity contribution in [3.63, 3.8) is 0 Å². The number of hydrogen-bond donors (Lipinski definition) is 0. The van der Waals surface area contributed by atoms with Crippen LogP contribution in [-0.2, 0) is 0 Å². The highest BCUT2D eigenvalue weighted by Crippen LogP contribution is 2.35. The molecule has 1 heterocycles. The van der Waals surface area contributed by atoms with E-state index in [1.165, 1.54) is 18.9 Å². The van der Waals surface area contributed by atoms with Gasteiger partial charge < -0.3 is 4.74 Å². The predicted octanol–water partition coefficient (Wildman–Crippen LogP) is 4.02. The summed E-state index contributed by atoms with van der Waals surface area (Å²) in [5.41, 5.74) is 0.998. The summed E-state index contributed by atoms with van der Waals surface area (Å²) in [5.74, 6) is 1.41. The lowest BCUT2D eigenvalue weighted by Gasteiger charge is -2.33. The Balaban J connectivity index is 2.03. The van der Waals surface area contributed by atoms with E-state index in [9.17, 15) is 4.39 Å². The smallest absolute Gasteiger partial charge is 0.124 e. The fourth-order valence-corrected chi connectivity index (χ4v) is 2.71. The average Bonchev–Trinajstić information content (AvgIpc) is 2.37. The van der Waals surface area contributed by atoms with Crippen LogP contribution in [0.3, 0.4) is 0 Å². The van der Waals surface area contributed by atoms with E-state index in [0.29, 0.717) is 0 Å². The third-order valence-corrected chi connectivity index (χ3v) is 3.80. The Labute approximate surface area is 115 Å². The number of halogens is 1. The van der Waals surface area contributed by atoms with Gasteiger partial charge in [0.05, 0.1) is 6.61 Å². The summed E-state index contributed by atoms with van der Waals surface area (Å²) in [7, 11) is 2.13. The van der Waals surface area contributed by atoms with Crippen LogP contribution in [0.4, 0.5) is 4.39 Å². The van der Waals surface area contributed by atoms with Crippen LogP contribution >= 0.6 is 0 Å². The van der Waals surface area contributed by atoms with Gasteiger partial charge in [-0.2, -0.15) is 0 Å². The first-order valence-electron chi connectivity index (χ1n) is 7.20. The average molecular weight is 265 g/mol. The van der Waals surface area contributed by atoms with E-state index in [0.717, 1.165) is 36.8 Å². The summed E-state index contributed by atoms with van der Waals surface area (Å²) in [4.78, 5) is 2.34. The van der Waals surface area contributed by atoms with Crippen molar-refractivity contribution in [3.05, 3.63) is 29.6 Å². The molecular formula is C16H24FNO. The van der Waals surface area contributed by atoms with Gasteiger partial charge in [0.25, 0.3) is 0 Å². The summed E-state index contributed by atoms with van der Waals surface area (Å²) in [6.07, 6.45) is 3.37. The molecule has 0 aliphatic carbocycles. The fraction of sp³-hybridized carbons (Fsp3) is 0.625. The molecule has 0 radical (unpaired) electrons. The van der Waals surface area contributed by atoms with Crippen LogP contribution in [0.2, 0.25) is 0 Å². The molecule has 0 saturated carbocycles. The first-order valence-corrected chi connectivity index (χ1v) is 7.20. The van der Waals surface area contributed by atoms with Gasteiger partial charge in [-0.25, -0.2) is 4.39 Å². The van der Waals surface area contributed by atoms with Gasteiger partial charge in [-0.05, 0) is 50.6 Å². The summed E-state index contributed by atoms with van der Waals surface area (Å²) in [6.45, 7) is 6.27. The molecule has 1 atom stereocenters. The Kier molecular flexibility index (Phi) is 4.81. The Morgan fingerprint density at radius 1 is 1.42 bits per heavy atom. The van der Waals surface area contributed by atoms with Crippen LogP contribution in [0.25, 0.3) is 0 Å². The van der Waals surface area contributed by atoms with Gasteiger partial charge in [0.2, 0.25) is 0 Å². The lowest BCUT2D eigenvalue weighted by molar-refractivity contribution is 0.162. The molecule has 0 bridgehead atoms. The van der Waals surface area contributed by atoms with Crippen LogP contribution in [0.15, 0.2) is 18.2 Å². The van der Waals surface area contributed by atoms with E-state index >= 15 is 0 Å². The van der Waals surface area contributed by atoms with Crippen molar-refractivity contribution in [3.8, 4) is 5.75 Å². The molecule has 1 aliphatic rings. The molecule has 0 saturated heterocycles. The topological polar surface area (TPSA) is 12.5 Å². The molecule has 0 aromatic heterocycles. The molecule has 1 aromatic rings. The van der Waals surface area contributed by atoms with Crippen LogP contribution in [0, 0.1) is 11.7 Å². The van der Waals surface area contributed by atoms with Crippen molar-refractivity contribution < 1.29 is 9.13 Å². The molecule has 106 valence electrons. The number of rotatable bonds is 5. The zero-order valence-corrected chi connectivity index (χ0v) is 12.2. The molecule has 3 heteroatoms. The molecular weight excluding hydrogens is 241 g/mol. The highest BCUT2D eigenvalue weighted by atomic mass is 19.1. The van der Waals surface area contributed by atoms with E-state index in [1.54, 1.807) is 12.1 Å². The summed E-state index contributed by atoms with van der Waals surface area (Å²) >= 11 is 0. The minimum absolute atomic E-state index is 0.176. The van der Waals surface area contributed by atoms with E-state index < -0.39 is 0 Å². The zero-order valence-electron chi connectivity index (χ0n) is 12.2. The molecule has 19 heavy (non-hydrogen) atoms. The molecule has 0 amide bonds. The third-order valence-electron chi connectivity index (χ3n) is 3.80. The maximum absolute atomic E-state index is 13.4. The second-order valence-electron chi connectivity index (χ2n) is 5.85. The van der Waals surface area contributed by atoms with Crippen LogP contribution in [0.1, 0.15) is 44.7 Å². The third kappa shape index (κ3) is 3.69. The van der Waals surface area contributed by atoms with Gasteiger partial charge in [-0.1, -0.05) is 13.8 Å². The van der Waals surface area contributed by atoms with Crippen molar-refractivity contribution in [2.75, 3.05) is 20.2 Å². The molecule has 1 unspecified atom stereocenters. The molecule has 1 aliphatic heterocycles. The number of hydrogen-bond acceptors (Lipinski definition) is 2. The Morgan fingerprint density at radius 2 is 2.21 bits per heavy atom. The van der Waals surface area contributed by atoms with Crippen molar-refractivity contribution in [2.45, 2.75) is 39.2 Å². The maximum Gasteiger partial charge on any atom is 0.124 e. The molecule has 0 N–H and O–H groups in total. The quantitative estimate of drug-likeness (QED) is 0.797. The van der Waals surface area contributed by atoms with E-state index in [2.05, 4.69) is 25.8 Å². The molecule has 0 spiro atoms. The summed E-state index contributed by atoms with van der Waals surface area (Å²) in [5, 5.41) is 0. The number of ether oxygens (including phenoxy) is 1. The van der Waals surface area contributed by atoms with Crippen LogP contribution in [0.5, 0.6) is 5.75 Å². The van der Waals surface area contributed by atoms with Gasteiger partial charge in [0.1, 0.15) is 11.6 Å². The molecule has 2 rings (SSSR count). The maximum atomic E-state index is 13.4. The molecule has 2 nitrogen and oxygen atoms in total. The fourth-order valence-electron chi connectivity index (χ4n) is 2.71.